The Morgan fingerprint density at radius 3 is 2.58 bits per heavy atom. The fourth-order valence-corrected chi connectivity index (χ4v) is 3.44. The van der Waals surface area contributed by atoms with E-state index in [1.54, 1.807) is 18.2 Å². The van der Waals surface area contributed by atoms with Crippen LogP contribution in [0.2, 0.25) is 0 Å². The fourth-order valence-electron chi connectivity index (χ4n) is 3.44. The minimum Gasteiger partial charge on any atom is -0.494 e. The molecular formula is C19H22FNO3. The average molecular weight is 331 g/mol. The summed E-state index contributed by atoms with van der Waals surface area (Å²) >= 11 is 0. The standard InChI is InChI=1S/C19H22FNO3/c1-24-17-9-5-8-14(18(17)20)10-21-11-15(19(23)16(21)12-22)13-6-3-2-4-7-13/h2-9,15-16,19,22-23H,10-12H2,1H3/t15-,16-,19-/m1/s1. The van der Waals surface area contributed by atoms with Crippen molar-refractivity contribution in [2.75, 3.05) is 20.3 Å². The molecule has 1 aliphatic heterocycles. The average Bonchev–Trinajstić information content (AvgIpc) is 2.93. The molecule has 0 aliphatic carbocycles. The second-order valence-electron chi connectivity index (χ2n) is 6.12. The first-order chi connectivity index (χ1) is 11.7. The van der Waals surface area contributed by atoms with Crippen molar-refractivity contribution in [1.29, 1.82) is 0 Å². The van der Waals surface area contributed by atoms with Crippen LogP contribution >= 0.6 is 0 Å². The van der Waals surface area contributed by atoms with E-state index in [0.717, 1.165) is 5.56 Å². The number of methoxy groups -OCH3 is 1. The Labute approximate surface area is 141 Å². The maximum absolute atomic E-state index is 14.4. The van der Waals surface area contributed by atoms with E-state index in [9.17, 15) is 14.6 Å². The van der Waals surface area contributed by atoms with Gasteiger partial charge in [-0.3, -0.25) is 4.90 Å². The molecule has 2 aromatic rings. The second-order valence-corrected chi connectivity index (χ2v) is 6.12. The van der Waals surface area contributed by atoms with Gasteiger partial charge in [0.25, 0.3) is 0 Å². The van der Waals surface area contributed by atoms with E-state index in [-0.39, 0.29) is 18.3 Å². The minimum absolute atomic E-state index is 0.1000. The van der Waals surface area contributed by atoms with Crippen molar-refractivity contribution < 1.29 is 19.3 Å². The molecule has 1 fully saturated rings. The van der Waals surface area contributed by atoms with Crippen LogP contribution in [0.3, 0.4) is 0 Å². The Kier molecular flexibility index (Phi) is 5.14. The molecule has 1 aliphatic rings. The zero-order valence-corrected chi connectivity index (χ0v) is 13.6. The van der Waals surface area contributed by atoms with E-state index in [1.807, 2.05) is 35.2 Å². The molecule has 0 bridgehead atoms. The quantitative estimate of drug-likeness (QED) is 0.882. The van der Waals surface area contributed by atoms with Gasteiger partial charge in [0.15, 0.2) is 11.6 Å². The fraction of sp³-hybridized carbons (Fsp3) is 0.368. The lowest BCUT2D eigenvalue weighted by Crippen LogP contribution is -2.38. The van der Waals surface area contributed by atoms with Gasteiger partial charge in [-0.1, -0.05) is 42.5 Å². The lowest BCUT2D eigenvalue weighted by atomic mass is 9.94. The molecule has 3 rings (SSSR count). The number of benzene rings is 2. The number of halogens is 1. The van der Waals surface area contributed by atoms with Gasteiger partial charge in [-0.05, 0) is 11.6 Å². The van der Waals surface area contributed by atoms with Crippen LogP contribution in [0.4, 0.5) is 4.39 Å². The summed E-state index contributed by atoms with van der Waals surface area (Å²) in [6.45, 7) is 0.706. The second kappa shape index (κ2) is 7.30. The van der Waals surface area contributed by atoms with Crippen molar-refractivity contribution >= 4 is 0 Å². The summed E-state index contributed by atoms with van der Waals surface area (Å²) in [7, 11) is 1.43. The summed E-state index contributed by atoms with van der Waals surface area (Å²) in [4.78, 5) is 1.93. The SMILES string of the molecule is COc1cccc(CN2C[C@H](c3ccccc3)[C@@H](O)[C@H]2CO)c1F. The minimum atomic E-state index is -0.689. The zero-order valence-electron chi connectivity index (χ0n) is 13.6. The van der Waals surface area contributed by atoms with Crippen LogP contribution in [0.1, 0.15) is 17.0 Å². The van der Waals surface area contributed by atoms with Gasteiger partial charge in [0.2, 0.25) is 0 Å². The summed E-state index contributed by atoms with van der Waals surface area (Å²) in [5, 5.41) is 20.3. The molecule has 1 heterocycles. The first kappa shape index (κ1) is 16.9. The molecular weight excluding hydrogens is 309 g/mol. The third-order valence-corrected chi connectivity index (χ3v) is 4.76. The number of likely N-dealkylation sites (tertiary alicyclic amines) is 1. The van der Waals surface area contributed by atoms with Crippen molar-refractivity contribution in [2.24, 2.45) is 0 Å². The largest absolute Gasteiger partial charge is 0.494 e. The first-order valence-electron chi connectivity index (χ1n) is 8.05. The predicted molar refractivity (Wildman–Crippen MR) is 89.4 cm³/mol. The molecule has 2 N–H and O–H groups in total. The van der Waals surface area contributed by atoms with Gasteiger partial charge >= 0.3 is 0 Å². The van der Waals surface area contributed by atoms with Crippen molar-refractivity contribution in [2.45, 2.75) is 24.6 Å². The van der Waals surface area contributed by atoms with E-state index in [2.05, 4.69) is 0 Å². The van der Waals surface area contributed by atoms with Gasteiger partial charge in [-0.25, -0.2) is 4.39 Å². The number of rotatable bonds is 5. The van der Waals surface area contributed by atoms with Gasteiger partial charge in [0, 0.05) is 24.6 Å². The molecule has 24 heavy (non-hydrogen) atoms. The number of ether oxygens (including phenoxy) is 1. The number of aliphatic hydroxyl groups excluding tert-OH is 2. The molecule has 0 radical (unpaired) electrons. The molecule has 0 spiro atoms. The Morgan fingerprint density at radius 1 is 1.17 bits per heavy atom. The highest BCUT2D eigenvalue weighted by atomic mass is 19.1. The van der Waals surface area contributed by atoms with Crippen molar-refractivity contribution in [3.8, 4) is 5.75 Å². The van der Waals surface area contributed by atoms with E-state index in [4.69, 9.17) is 4.74 Å². The topological polar surface area (TPSA) is 52.9 Å². The molecule has 3 atom stereocenters. The first-order valence-corrected chi connectivity index (χ1v) is 8.05. The Balaban J connectivity index is 1.83. The van der Waals surface area contributed by atoms with E-state index in [1.165, 1.54) is 7.11 Å². The molecule has 5 heteroatoms. The van der Waals surface area contributed by atoms with E-state index >= 15 is 0 Å². The summed E-state index contributed by atoms with van der Waals surface area (Å²) in [5.41, 5.74) is 1.52. The van der Waals surface area contributed by atoms with Gasteiger partial charge in [-0.2, -0.15) is 0 Å². The summed E-state index contributed by atoms with van der Waals surface area (Å²) < 4.78 is 19.4. The predicted octanol–water partition coefficient (Wildman–Crippen LogP) is 2.16. The highest BCUT2D eigenvalue weighted by Crippen LogP contribution is 2.34. The Morgan fingerprint density at radius 2 is 1.92 bits per heavy atom. The molecule has 0 unspecified atom stereocenters. The van der Waals surface area contributed by atoms with Crippen LogP contribution in [0.5, 0.6) is 5.75 Å². The molecule has 0 aromatic heterocycles. The molecule has 1 saturated heterocycles. The van der Waals surface area contributed by atoms with Crippen LogP contribution in [0, 0.1) is 5.82 Å². The smallest absolute Gasteiger partial charge is 0.169 e. The zero-order chi connectivity index (χ0) is 17.1. The third kappa shape index (κ3) is 3.15. The van der Waals surface area contributed by atoms with Crippen LogP contribution in [0.25, 0.3) is 0 Å². The van der Waals surface area contributed by atoms with E-state index < -0.39 is 18.0 Å². The normalized spacial score (nSPS) is 24.2. The van der Waals surface area contributed by atoms with Crippen LogP contribution in [0.15, 0.2) is 48.5 Å². The third-order valence-electron chi connectivity index (χ3n) is 4.76. The Hall–Kier alpha value is -1.95. The van der Waals surface area contributed by atoms with E-state index in [0.29, 0.717) is 18.7 Å². The summed E-state index contributed by atoms with van der Waals surface area (Å²) in [6, 6.07) is 14.3. The van der Waals surface area contributed by atoms with Crippen molar-refractivity contribution in [1.82, 2.24) is 4.90 Å². The number of nitrogens with zero attached hydrogens (tertiary/aromatic N) is 1. The van der Waals surface area contributed by atoms with Gasteiger partial charge < -0.3 is 14.9 Å². The maximum atomic E-state index is 14.4. The van der Waals surface area contributed by atoms with Crippen molar-refractivity contribution in [3.05, 3.63) is 65.5 Å². The van der Waals surface area contributed by atoms with Crippen LogP contribution in [-0.4, -0.2) is 47.5 Å². The number of hydrogen-bond acceptors (Lipinski definition) is 4. The lowest BCUT2D eigenvalue weighted by Gasteiger charge is -2.24. The van der Waals surface area contributed by atoms with Crippen LogP contribution in [-0.2, 0) is 6.54 Å². The highest BCUT2D eigenvalue weighted by molar-refractivity contribution is 5.31. The van der Waals surface area contributed by atoms with Gasteiger partial charge in [0.1, 0.15) is 0 Å². The molecule has 0 amide bonds. The van der Waals surface area contributed by atoms with Gasteiger partial charge in [-0.15, -0.1) is 0 Å². The van der Waals surface area contributed by atoms with Gasteiger partial charge in [0.05, 0.1) is 25.9 Å². The molecule has 2 aromatic carbocycles. The number of aliphatic hydroxyl groups is 2. The summed E-state index contributed by atoms with van der Waals surface area (Å²) in [5.74, 6) is -0.293. The molecule has 128 valence electrons. The summed E-state index contributed by atoms with van der Waals surface area (Å²) in [6.07, 6.45) is -0.689. The Bertz CT molecular complexity index is 680. The highest BCUT2D eigenvalue weighted by Gasteiger charge is 2.41. The number of hydrogen-bond donors (Lipinski definition) is 2. The molecule has 0 saturated carbocycles. The maximum Gasteiger partial charge on any atom is 0.169 e. The lowest BCUT2D eigenvalue weighted by molar-refractivity contribution is 0.0636. The molecule has 4 nitrogen and oxygen atoms in total. The monoisotopic (exact) mass is 331 g/mol. The van der Waals surface area contributed by atoms with Crippen LogP contribution < -0.4 is 4.74 Å². The van der Waals surface area contributed by atoms with Crippen molar-refractivity contribution in [3.63, 3.8) is 0 Å².